The molecule has 1 aromatic rings. The molecular formula is C11H9Cl3. The quantitative estimate of drug-likeness (QED) is 0.535. The van der Waals surface area contributed by atoms with E-state index in [9.17, 15) is 0 Å². The van der Waals surface area contributed by atoms with Crippen molar-refractivity contribution in [3.05, 3.63) is 32.8 Å². The van der Waals surface area contributed by atoms with Gasteiger partial charge in [-0.25, -0.2) is 0 Å². The van der Waals surface area contributed by atoms with Crippen molar-refractivity contribution in [3.63, 3.8) is 0 Å². The number of halogens is 3. The monoisotopic (exact) mass is 246 g/mol. The minimum absolute atomic E-state index is 0.100. The molecule has 0 aromatic heterocycles. The molecule has 0 aliphatic carbocycles. The van der Waals surface area contributed by atoms with Crippen LogP contribution in [0.2, 0.25) is 15.1 Å². The molecule has 3 heteroatoms. The van der Waals surface area contributed by atoms with Crippen LogP contribution in [-0.4, -0.2) is 0 Å². The molecule has 0 heterocycles. The summed E-state index contributed by atoms with van der Waals surface area (Å²) in [6.45, 7) is 1.94. The van der Waals surface area contributed by atoms with E-state index in [0.717, 1.165) is 5.56 Å². The van der Waals surface area contributed by atoms with Crippen LogP contribution in [0.25, 0.3) is 0 Å². The fourth-order valence-corrected chi connectivity index (χ4v) is 1.82. The zero-order chi connectivity index (χ0) is 10.7. The lowest BCUT2D eigenvalue weighted by molar-refractivity contribution is 0.751. The minimum atomic E-state index is 0.100. The van der Waals surface area contributed by atoms with Crippen molar-refractivity contribution in [3.8, 4) is 12.3 Å². The Bertz CT molecular complexity index is 377. The summed E-state index contributed by atoms with van der Waals surface area (Å²) >= 11 is 17.9. The van der Waals surface area contributed by atoms with Gasteiger partial charge < -0.3 is 0 Å². The fourth-order valence-electron chi connectivity index (χ4n) is 1.12. The molecule has 0 saturated heterocycles. The average molecular weight is 248 g/mol. The Morgan fingerprint density at radius 2 is 1.86 bits per heavy atom. The Morgan fingerprint density at radius 3 is 2.43 bits per heavy atom. The van der Waals surface area contributed by atoms with Crippen molar-refractivity contribution < 1.29 is 0 Å². The highest BCUT2D eigenvalue weighted by molar-refractivity contribution is 6.44. The molecule has 1 atom stereocenters. The summed E-state index contributed by atoms with van der Waals surface area (Å²) in [5.41, 5.74) is 0.825. The normalized spacial score (nSPS) is 12.2. The lowest BCUT2D eigenvalue weighted by Crippen LogP contribution is -1.98. The van der Waals surface area contributed by atoms with E-state index >= 15 is 0 Å². The third kappa shape index (κ3) is 2.58. The third-order valence-corrected chi connectivity index (χ3v) is 3.13. The van der Waals surface area contributed by atoms with E-state index in [0.29, 0.717) is 21.5 Å². The first kappa shape index (κ1) is 11.7. The summed E-state index contributed by atoms with van der Waals surface area (Å²) in [5.74, 6) is 2.73. The lowest BCUT2D eigenvalue weighted by atomic mass is 10.0. The second-order valence-electron chi connectivity index (χ2n) is 3.09. The standard InChI is InChI=1S/C11H9Cl3/c1-3-7(2)6-8-9(12)4-5-10(13)11(8)14/h1,4-5,7H,6H2,2H3. The van der Waals surface area contributed by atoms with Gasteiger partial charge in [0.2, 0.25) is 0 Å². The van der Waals surface area contributed by atoms with Gasteiger partial charge in [0.25, 0.3) is 0 Å². The molecule has 0 amide bonds. The van der Waals surface area contributed by atoms with Gasteiger partial charge in [-0.15, -0.1) is 12.3 Å². The van der Waals surface area contributed by atoms with Gasteiger partial charge in [0.15, 0.2) is 0 Å². The van der Waals surface area contributed by atoms with E-state index in [2.05, 4.69) is 5.92 Å². The number of hydrogen-bond acceptors (Lipinski definition) is 0. The van der Waals surface area contributed by atoms with Crippen LogP contribution in [-0.2, 0) is 6.42 Å². The van der Waals surface area contributed by atoms with Crippen LogP contribution >= 0.6 is 34.8 Å². The van der Waals surface area contributed by atoms with Crippen LogP contribution in [0.5, 0.6) is 0 Å². The SMILES string of the molecule is C#CC(C)Cc1c(Cl)ccc(Cl)c1Cl. The largest absolute Gasteiger partial charge is 0.120 e. The Morgan fingerprint density at radius 1 is 1.29 bits per heavy atom. The summed E-state index contributed by atoms with van der Waals surface area (Å²) < 4.78 is 0. The minimum Gasteiger partial charge on any atom is -0.120 e. The van der Waals surface area contributed by atoms with E-state index in [4.69, 9.17) is 41.2 Å². The lowest BCUT2D eigenvalue weighted by Gasteiger charge is -2.09. The molecule has 0 N–H and O–H groups in total. The van der Waals surface area contributed by atoms with E-state index in [1.165, 1.54) is 0 Å². The van der Waals surface area contributed by atoms with Gasteiger partial charge in [0, 0.05) is 10.9 Å². The summed E-state index contributed by atoms with van der Waals surface area (Å²) in [6.07, 6.45) is 5.94. The van der Waals surface area contributed by atoms with Gasteiger partial charge >= 0.3 is 0 Å². The second-order valence-corrected chi connectivity index (χ2v) is 4.29. The van der Waals surface area contributed by atoms with Crippen LogP contribution in [0.3, 0.4) is 0 Å². The van der Waals surface area contributed by atoms with Crippen LogP contribution in [0.1, 0.15) is 12.5 Å². The molecule has 0 fully saturated rings. The predicted octanol–water partition coefficient (Wildman–Crippen LogP) is 4.46. The molecule has 0 aliphatic rings. The van der Waals surface area contributed by atoms with Crippen LogP contribution < -0.4 is 0 Å². The van der Waals surface area contributed by atoms with Crippen molar-refractivity contribution in [1.29, 1.82) is 0 Å². The molecule has 14 heavy (non-hydrogen) atoms. The Balaban J connectivity index is 3.08. The van der Waals surface area contributed by atoms with Crippen molar-refractivity contribution in [2.45, 2.75) is 13.3 Å². The van der Waals surface area contributed by atoms with Gasteiger partial charge in [-0.05, 0) is 24.1 Å². The van der Waals surface area contributed by atoms with Gasteiger partial charge in [-0.2, -0.15) is 0 Å². The predicted molar refractivity (Wildman–Crippen MR) is 63.2 cm³/mol. The van der Waals surface area contributed by atoms with Crippen molar-refractivity contribution in [1.82, 2.24) is 0 Å². The number of benzene rings is 1. The highest BCUT2D eigenvalue weighted by atomic mass is 35.5. The fraction of sp³-hybridized carbons (Fsp3) is 0.273. The van der Waals surface area contributed by atoms with E-state index in [1.54, 1.807) is 12.1 Å². The molecular weight excluding hydrogens is 238 g/mol. The first-order valence-electron chi connectivity index (χ1n) is 4.14. The zero-order valence-corrected chi connectivity index (χ0v) is 9.92. The third-order valence-electron chi connectivity index (χ3n) is 1.93. The molecule has 0 radical (unpaired) electrons. The smallest absolute Gasteiger partial charge is 0.0639 e. The molecule has 1 rings (SSSR count). The average Bonchev–Trinajstić information content (AvgIpc) is 2.18. The van der Waals surface area contributed by atoms with Crippen molar-refractivity contribution >= 4 is 34.8 Å². The van der Waals surface area contributed by atoms with Crippen LogP contribution in [0.4, 0.5) is 0 Å². The highest BCUT2D eigenvalue weighted by Gasteiger charge is 2.11. The van der Waals surface area contributed by atoms with Crippen molar-refractivity contribution in [2.75, 3.05) is 0 Å². The zero-order valence-electron chi connectivity index (χ0n) is 7.65. The maximum Gasteiger partial charge on any atom is 0.0639 e. The number of hydrogen-bond donors (Lipinski definition) is 0. The molecule has 0 spiro atoms. The Hall–Kier alpha value is -0.350. The molecule has 74 valence electrons. The Labute approximate surface area is 99.2 Å². The summed E-state index contributed by atoms with van der Waals surface area (Å²) in [7, 11) is 0. The Kier molecular flexibility index (Phi) is 4.13. The number of rotatable bonds is 2. The summed E-state index contributed by atoms with van der Waals surface area (Å²) in [6, 6.07) is 3.41. The second kappa shape index (κ2) is 4.94. The summed E-state index contributed by atoms with van der Waals surface area (Å²) in [4.78, 5) is 0. The van der Waals surface area contributed by atoms with Gasteiger partial charge in [-0.3, -0.25) is 0 Å². The molecule has 0 nitrogen and oxygen atoms in total. The molecule has 1 aromatic carbocycles. The first-order valence-corrected chi connectivity index (χ1v) is 5.28. The van der Waals surface area contributed by atoms with Crippen LogP contribution in [0, 0.1) is 18.3 Å². The number of terminal acetylenes is 1. The first-order chi connectivity index (χ1) is 6.56. The molecule has 1 unspecified atom stereocenters. The molecule has 0 saturated carbocycles. The van der Waals surface area contributed by atoms with Crippen LogP contribution in [0.15, 0.2) is 12.1 Å². The molecule has 0 aliphatic heterocycles. The maximum absolute atomic E-state index is 6.01. The highest BCUT2D eigenvalue weighted by Crippen LogP contribution is 2.32. The molecule has 0 bridgehead atoms. The van der Waals surface area contributed by atoms with Gasteiger partial charge in [0.05, 0.1) is 10.0 Å². The summed E-state index contributed by atoms with van der Waals surface area (Å²) in [5, 5.41) is 1.62. The topological polar surface area (TPSA) is 0 Å². The van der Waals surface area contributed by atoms with E-state index < -0.39 is 0 Å². The van der Waals surface area contributed by atoms with Gasteiger partial charge in [0.1, 0.15) is 0 Å². The maximum atomic E-state index is 6.01. The van der Waals surface area contributed by atoms with E-state index in [-0.39, 0.29) is 5.92 Å². The van der Waals surface area contributed by atoms with Crippen molar-refractivity contribution in [2.24, 2.45) is 5.92 Å². The van der Waals surface area contributed by atoms with E-state index in [1.807, 2.05) is 6.92 Å². The van der Waals surface area contributed by atoms with Gasteiger partial charge in [-0.1, -0.05) is 41.7 Å².